The zero-order chi connectivity index (χ0) is 19.1. The molecule has 0 atom stereocenters. The summed E-state index contributed by atoms with van der Waals surface area (Å²) in [5, 5.41) is 2.27. The molecule has 0 aliphatic carbocycles. The van der Waals surface area contributed by atoms with E-state index in [1.807, 2.05) is 0 Å². The van der Waals surface area contributed by atoms with E-state index in [1.165, 1.54) is 18.2 Å². The summed E-state index contributed by atoms with van der Waals surface area (Å²) < 4.78 is 26.7. The van der Waals surface area contributed by atoms with Crippen LogP contribution in [-0.2, 0) is 9.84 Å². The highest BCUT2D eigenvalue weighted by Crippen LogP contribution is 2.28. The Kier molecular flexibility index (Phi) is 5.65. The summed E-state index contributed by atoms with van der Waals surface area (Å²) in [6, 6.07) is 9.50. The van der Waals surface area contributed by atoms with Crippen molar-refractivity contribution in [3.8, 4) is 0 Å². The van der Waals surface area contributed by atoms with Crippen LogP contribution in [0.25, 0.3) is 17.0 Å². The lowest BCUT2D eigenvalue weighted by atomic mass is 10.2. The number of H-pyrrole nitrogens is 1. The Hall–Kier alpha value is -1.12. The van der Waals surface area contributed by atoms with Crippen molar-refractivity contribution in [3.63, 3.8) is 0 Å². The normalized spacial score (nSPS) is 12.2. The van der Waals surface area contributed by atoms with Gasteiger partial charge in [0, 0.05) is 29.8 Å². The average molecular weight is 538 g/mol. The summed E-state index contributed by atoms with van der Waals surface area (Å²) in [4.78, 5) is 14.5. The molecule has 0 aliphatic rings. The third-order valence-corrected chi connectivity index (χ3v) is 6.62. The molecule has 0 unspecified atom stereocenters. The molecule has 0 aliphatic heterocycles. The van der Waals surface area contributed by atoms with E-state index in [1.54, 1.807) is 24.3 Å². The zero-order valence-electron chi connectivity index (χ0n) is 12.8. The lowest BCUT2D eigenvalue weighted by molar-refractivity contribution is 0.603. The summed E-state index contributed by atoms with van der Waals surface area (Å²) in [6.45, 7) is 0. The van der Waals surface area contributed by atoms with Gasteiger partial charge in [0.1, 0.15) is 4.90 Å². The quantitative estimate of drug-likeness (QED) is 0.459. The molecule has 0 bridgehead atoms. The van der Waals surface area contributed by atoms with E-state index in [9.17, 15) is 13.2 Å². The zero-order valence-corrected chi connectivity index (χ0v) is 18.3. The first kappa shape index (κ1) is 19.6. The maximum absolute atomic E-state index is 12.6. The number of fused-ring (bicyclic) bond motifs is 1. The van der Waals surface area contributed by atoms with Crippen molar-refractivity contribution in [2.45, 2.75) is 4.90 Å². The van der Waals surface area contributed by atoms with E-state index in [2.05, 4.69) is 36.8 Å². The number of benzene rings is 2. The number of pyridine rings is 1. The Labute approximate surface area is 176 Å². The molecule has 1 aromatic heterocycles. The first-order chi connectivity index (χ1) is 12.2. The van der Waals surface area contributed by atoms with Gasteiger partial charge in [0.25, 0.3) is 5.56 Å². The lowest BCUT2D eigenvalue weighted by Crippen LogP contribution is -2.16. The van der Waals surface area contributed by atoms with Crippen molar-refractivity contribution >= 4 is 81.9 Å². The molecule has 0 spiro atoms. The summed E-state index contributed by atoms with van der Waals surface area (Å²) in [5.41, 5.74) is 0.288. The highest BCUT2D eigenvalue weighted by atomic mass is 79.9. The van der Waals surface area contributed by atoms with E-state index >= 15 is 0 Å². The highest BCUT2D eigenvalue weighted by Gasteiger charge is 2.17. The topological polar surface area (TPSA) is 67.0 Å². The van der Waals surface area contributed by atoms with Gasteiger partial charge in [-0.1, -0.05) is 61.1 Å². The van der Waals surface area contributed by atoms with E-state index in [4.69, 9.17) is 23.2 Å². The van der Waals surface area contributed by atoms with Gasteiger partial charge in [-0.3, -0.25) is 4.79 Å². The number of halogens is 4. The number of hydrogen-bond acceptors (Lipinski definition) is 3. The van der Waals surface area contributed by atoms with Gasteiger partial charge in [-0.2, -0.15) is 0 Å². The summed E-state index contributed by atoms with van der Waals surface area (Å²) in [5.74, 6) is 0. The molecule has 0 saturated carbocycles. The molecular formula is C17H9Br2Cl2NO3S. The van der Waals surface area contributed by atoms with Gasteiger partial charge in [0.05, 0.1) is 5.52 Å². The molecule has 1 N–H and O–H groups in total. The van der Waals surface area contributed by atoms with E-state index in [-0.39, 0.29) is 4.90 Å². The van der Waals surface area contributed by atoms with E-state index in [0.717, 1.165) is 9.88 Å². The van der Waals surface area contributed by atoms with Crippen LogP contribution in [-0.4, -0.2) is 13.4 Å². The number of hydrogen-bond donors (Lipinski definition) is 1. The first-order valence-corrected chi connectivity index (χ1v) is 11.0. The van der Waals surface area contributed by atoms with Crippen molar-refractivity contribution in [3.05, 3.63) is 76.7 Å². The van der Waals surface area contributed by atoms with Crippen molar-refractivity contribution < 1.29 is 8.42 Å². The second-order valence-electron chi connectivity index (χ2n) is 5.33. The minimum atomic E-state index is -3.98. The number of rotatable bonds is 3. The second kappa shape index (κ2) is 7.48. The maximum atomic E-state index is 12.6. The molecular weight excluding hydrogens is 529 g/mol. The van der Waals surface area contributed by atoms with Gasteiger partial charge >= 0.3 is 0 Å². The van der Waals surface area contributed by atoms with Crippen LogP contribution in [0.4, 0.5) is 0 Å². The van der Waals surface area contributed by atoms with Gasteiger partial charge in [-0.15, -0.1) is 0 Å². The van der Waals surface area contributed by atoms with Gasteiger partial charge < -0.3 is 4.98 Å². The van der Waals surface area contributed by atoms with Gasteiger partial charge in [-0.05, 0) is 42.0 Å². The third kappa shape index (κ3) is 4.07. The fraction of sp³-hybridized carbons (Fsp3) is 0. The number of aromatic nitrogens is 1. The smallest absolute Gasteiger partial charge is 0.267 e. The fourth-order valence-electron chi connectivity index (χ4n) is 2.30. The Morgan fingerprint density at radius 1 is 1.04 bits per heavy atom. The molecule has 4 nitrogen and oxygen atoms in total. The largest absolute Gasteiger partial charge is 0.321 e. The lowest BCUT2D eigenvalue weighted by Gasteiger charge is -2.05. The van der Waals surface area contributed by atoms with Crippen LogP contribution in [0.1, 0.15) is 5.56 Å². The molecule has 0 radical (unpaired) electrons. The molecule has 2 aromatic carbocycles. The number of sulfone groups is 1. The number of nitrogens with one attached hydrogen (secondary N) is 1. The molecule has 134 valence electrons. The Bertz CT molecular complexity index is 1220. The van der Waals surface area contributed by atoms with Crippen molar-refractivity contribution in [1.29, 1.82) is 0 Å². The van der Waals surface area contributed by atoms with Crippen LogP contribution in [0.15, 0.2) is 60.4 Å². The van der Waals surface area contributed by atoms with Crippen LogP contribution < -0.4 is 5.56 Å². The predicted octanol–water partition coefficient (Wildman–Crippen LogP) is 5.80. The molecule has 3 aromatic rings. The van der Waals surface area contributed by atoms with Crippen molar-refractivity contribution in [2.24, 2.45) is 0 Å². The van der Waals surface area contributed by atoms with E-state index in [0.29, 0.717) is 31.0 Å². The monoisotopic (exact) mass is 535 g/mol. The van der Waals surface area contributed by atoms with Gasteiger partial charge in [0.15, 0.2) is 0 Å². The first-order valence-electron chi connectivity index (χ1n) is 7.08. The Morgan fingerprint density at radius 2 is 1.77 bits per heavy atom. The van der Waals surface area contributed by atoms with Crippen LogP contribution in [0.3, 0.4) is 0 Å². The predicted molar refractivity (Wildman–Crippen MR) is 113 cm³/mol. The average Bonchev–Trinajstić information content (AvgIpc) is 2.53. The Balaban J connectivity index is 2.11. The second-order valence-corrected chi connectivity index (χ2v) is 9.74. The van der Waals surface area contributed by atoms with Crippen LogP contribution in [0, 0.1) is 0 Å². The fourth-order valence-corrected chi connectivity index (χ4v) is 5.17. The molecule has 26 heavy (non-hydrogen) atoms. The van der Waals surface area contributed by atoms with E-state index < -0.39 is 15.4 Å². The molecule has 1 heterocycles. The molecule has 0 amide bonds. The summed E-state index contributed by atoms with van der Waals surface area (Å²) in [6.07, 6.45) is 1.33. The van der Waals surface area contributed by atoms with Crippen molar-refractivity contribution in [1.82, 2.24) is 4.98 Å². The third-order valence-electron chi connectivity index (χ3n) is 3.54. The van der Waals surface area contributed by atoms with Crippen LogP contribution >= 0.6 is 55.1 Å². The molecule has 9 heteroatoms. The Morgan fingerprint density at radius 3 is 2.46 bits per heavy atom. The van der Waals surface area contributed by atoms with Gasteiger partial charge in [0.2, 0.25) is 9.84 Å². The minimum Gasteiger partial charge on any atom is -0.321 e. The number of aromatic amines is 1. The summed E-state index contributed by atoms with van der Waals surface area (Å²) in [7, 11) is -3.98. The molecule has 0 saturated heterocycles. The minimum absolute atomic E-state index is 0.309. The standard InChI is InChI=1S/C17H9Br2Cl2NO3S/c18-10-5-13(19)12-8-16(17(23)22-15(12)6-10)26(24,25)4-3-9-1-2-11(20)7-14(9)21/h1-8H,(H,22,23). The summed E-state index contributed by atoms with van der Waals surface area (Å²) >= 11 is 18.6. The molecule has 0 fully saturated rings. The molecule has 3 rings (SSSR count). The highest BCUT2D eigenvalue weighted by molar-refractivity contribution is 9.11. The van der Waals surface area contributed by atoms with Crippen LogP contribution in [0.2, 0.25) is 10.0 Å². The van der Waals surface area contributed by atoms with Crippen LogP contribution in [0.5, 0.6) is 0 Å². The van der Waals surface area contributed by atoms with Crippen molar-refractivity contribution in [2.75, 3.05) is 0 Å². The van der Waals surface area contributed by atoms with Gasteiger partial charge in [-0.25, -0.2) is 8.42 Å². The SMILES string of the molecule is O=c1[nH]c2cc(Br)cc(Br)c2cc1S(=O)(=O)C=Cc1ccc(Cl)cc1Cl. The maximum Gasteiger partial charge on any atom is 0.267 e.